The molecule has 1 unspecified atom stereocenters. The molecule has 2 heteroatoms. The second-order valence-electron chi connectivity index (χ2n) is 3.23. The van der Waals surface area contributed by atoms with Crippen molar-refractivity contribution in [3.05, 3.63) is 0 Å². The van der Waals surface area contributed by atoms with Crippen molar-refractivity contribution in [3.63, 3.8) is 0 Å². The summed E-state index contributed by atoms with van der Waals surface area (Å²) in [7, 11) is 2.14. The molecule has 2 nitrogen and oxygen atoms in total. The third kappa shape index (κ3) is 6.32. The third-order valence-corrected chi connectivity index (χ3v) is 2.08. The normalized spacial score (nSPS) is 13.9. The quantitative estimate of drug-likeness (QED) is 0.634. The van der Waals surface area contributed by atoms with Crippen LogP contribution in [0, 0.1) is 0 Å². The fraction of sp³-hybridized carbons (Fsp3) is 1.00. The maximum absolute atomic E-state index is 5.86. The summed E-state index contributed by atoms with van der Waals surface area (Å²) in [5, 5.41) is 0. The van der Waals surface area contributed by atoms with E-state index >= 15 is 0 Å². The maximum Gasteiger partial charge on any atom is 0.00509 e. The summed E-state index contributed by atoms with van der Waals surface area (Å²) in [5.74, 6) is 0. The molecule has 0 aliphatic heterocycles. The highest BCUT2D eigenvalue weighted by Gasteiger charge is 2.01. The van der Waals surface area contributed by atoms with E-state index < -0.39 is 0 Å². The van der Waals surface area contributed by atoms with Crippen LogP contribution in [0.25, 0.3) is 0 Å². The lowest BCUT2D eigenvalue weighted by atomic mass is 10.1. The van der Waals surface area contributed by atoms with Crippen LogP contribution in [-0.4, -0.2) is 31.1 Å². The second kappa shape index (κ2) is 6.62. The molecule has 0 spiro atoms. The summed E-state index contributed by atoms with van der Waals surface area (Å²) in [5.41, 5.74) is 5.86. The number of rotatable bonds is 6. The molecule has 0 amide bonds. The molecule has 0 saturated heterocycles. The monoisotopic (exact) mass is 158 g/mol. The van der Waals surface area contributed by atoms with Crippen molar-refractivity contribution in [3.8, 4) is 0 Å². The fourth-order valence-electron chi connectivity index (χ4n) is 1.06. The van der Waals surface area contributed by atoms with Crippen LogP contribution in [0.2, 0.25) is 0 Å². The summed E-state index contributed by atoms with van der Waals surface area (Å²) in [6, 6.07) is 0.411. The molecule has 0 aromatic heterocycles. The summed E-state index contributed by atoms with van der Waals surface area (Å²) < 4.78 is 0. The molecule has 0 bridgehead atoms. The molecular formula is C9H22N2. The van der Waals surface area contributed by atoms with Crippen molar-refractivity contribution in [1.29, 1.82) is 0 Å². The van der Waals surface area contributed by atoms with Gasteiger partial charge in [-0.2, -0.15) is 0 Å². The van der Waals surface area contributed by atoms with Gasteiger partial charge in [0, 0.05) is 6.04 Å². The van der Waals surface area contributed by atoms with Crippen LogP contribution in [-0.2, 0) is 0 Å². The average Bonchev–Trinajstić information content (AvgIpc) is 2.01. The van der Waals surface area contributed by atoms with Gasteiger partial charge in [0.25, 0.3) is 0 Å². The van der Waals surface area contributed by atoms with E-state index in [-0.39, 0.29) is 0 Å². The second-order valence-corrected chi connectivity index (χ2v) is 3.23. The lowest BCUT2D eigenvalue weighted by molar-refractivity contribution is 0.330. The highest BCUT2D eigenvalue weighted by atomic mass is 15.1. The zero-order valence-electron chi connectivity index (χ0n) is 8.14. The topological polar surface area (TPSA) is 29.3 Å². The zero-order valence-corrected chi connectivity index (χ0v) is 8.14. The molecule has 1 atom stereocenters. The van der Waals surface area contributed by atoms with Gasteiger partial charge in [-0.1, -0.05) is 20.3 Å². The Bertz CT molecular complexity index is 83.6. The van der Waals surface area contributed by atoms with E-state index in [1.807, 2.05) is 0 Å². The van der Waals surface area contributed by atoms with Crippen molar-refractivity contribution in [1.82, 2.24) is 4.90 Å². The molecule has 0 aliphatic carbocycles. The molecule has 0 aromatic carbocycles. The Morgan fingerprint density at radius 2 is 1.91 bits per heavy atom. The minimum Gasteiger partial charge on any atom is -0.328 e. The molecular weight excluding hydrogens is 136 g/mol. The van der Waals surface area contributed by atoms with Gasteiger partial charge in [0.1, 0.15) is 0 Å². The van der Waals surface area contributed by atoms with Gasteiger partial charge < -0.3 is 10.6 Å². The first-order chi connectivity index (χ1) is 5.20. The van der Waals surface area contributed by atoms with Crippen LogP contribution in [0.3, 0.4) is 0 Å². The maximum atomic E-state index is 5.86. The first-order valence-corrected chi connectivity index (χ1v) is 4.64. The Hall–Kier alpha value is -0.0800. The van der Waals surface area contributed by atoms with Crippen molar-refractivity contribution in [2.45, 2.75) is 39.2 Å². The fourth-order valence-corrected chi connectivity index (χ4v) is 1.06. The Morgan fingerprint density at radius 3 is 2.36 bits per heavy atom. The first-order valence-electron chi connectivity index (χ1n) is 4.64. The highest BCUT2D eigenvalue weighted by Crippen LogP contribution is 1.98. The zero-order chi connectivity index (χ0) is 8.69. The van der Waals surface area contributed by atoms with Crippen LogP contribution < -0.4 is 5.73 Å². The SMILES string of the molecule is CCCC(N)CCN(C)CC. The van der Waals surface area contributed by atoms with E-state index in [0.29, 0.717) is 6.04 Å². The lowest BCUT2D eigenvalue weighted by Gasteiger charge is -2.16. The van der Waals surface area contributed by atoms with E-state index in [4.69, 9.17) is 5.73 Å². The van der Waals surface area contributed by atoms with Crippen molar-refractivity contribution >= 4 is 0 Å². The lowest BCUT2D eigenvalue weighted by Crippen LogP contribution is -2.27. The molecule has 0 heterocycles. The molecule has 0 saturated carbocycles. The van der Waals surface area contributed by atoms with Gasteiger partial charge in [-0.25, -0.2) is 0 Å². The van der Waals surface area contributed by atoms with Gasteiger partial charge in [0.05, 0.1) is 0 Å². The van der Waals surface area contributed by atoms with Crippen LogP contribution in [0.15, 0.2) is 0 Å². The number of hydrogen-bond acceptors (Lipinski definition) is 2. The van der Waals surface area contributed by atoms with Crippen molar-refractivity contribution in [2.24, 2.45) is 5.73 Å². The van der Waals surface area contributed by atoms with Crippen LogP contribution in [0.1, 0.15) is 33.1 Å². The van der Waals surface area contributed by atoms with E-state index in [9.17, 15) is 0 Å². The number of nitrogens with zero attached hydrogens (tertiary/aromatic N) is 1. The Labute approximate surface area is 70.8 Å². The Balaban J connectivity index is 3.22. The highest BCUT2D eigenvalue weighted by molar-refractivity contribution is 4.62. The van der Waals surface area contributed by atoms with Gasteiger partial charge in [0.15, 0.2) is 0 Å². The van der Waals surface area contributed by atoms with Gasteiger partial charge in [-0.3, -0.25) is 0 Å². The predicted molar refractivity (Wildman–Crippen MR) is 50.7 cm³/mol. The molecule has 11 heavy (non-hydrogen) atoms. The standard InChI is InChI=1S/C9H22N2/c1-4-6-9(10)7-8-11(3)5-2/h9H,4-8,10H2,1-3H3. The third-order valence-electron chi connectivity index (χ3n) is 2.08. The summed E-state index contributed by atoms with van der Waals surface area (Å²) in [6.45, 7) is 6.62. The van der Waals surface area contributed by atoms with Crippen molar-refractivity contribution in [2.75, 3.05) is 20.1 Å². The van der Waals surface area contributed by atoms with E-state index in [1.165, 1.54) is 6.42 Å². The van der Waals surface area contributed by atoms with Crippen LogP contribution in [0.5, 0.6) is 0 Å². The van der Waals surface area contributed by atoms with Gasteiger partial charge in [-0.15, -0.1) is 0 Å². The molecule has 2 N–H and O–H groups in total. The Morgan fingerprint density at radius 1 is 1.27 bits per heavy atom. The van der Waals surface area contributed by atoms with E-state index in [2.05, 4.69) is 25.8 Å². The minimum absolute atomic E-state index is 0.411. The van der Waals surface area contributed by atoms with E-state index in [1.54, 1.807) is 0 Å². The minimum atomic E-state index is 0.411. The molecule has 0 aromatic rings. The van der Waals surface area contributed by atoms with Crippen LogP contribution in [0.4, 0.5) is 0 Å². The predicted octanol–water partition coefficient (Wildman–Crippen LogP) is 1.46. The Kier molecular flexibility index (Phi) is 6.57. The van der Waals surface area contributed by atoms with Crippen molar-refractivity contribution < 1.29 is 0 Å². The molecule has 0 aliphatic rings. The van der Waals surface area contributed by atoms with Crippen LogP contribution >= 0.6 is 0 Å². The molecule has 68 valence electrons. The largest absolute Gasteiger partial charge is 0.328 e. The smallest absolute Gasteiger partial charge is 0.00509 e. The van der Waals surface area contributed by atoms with Gasteiger partial charge in [-0.05, 0) is 33.0 Å². The molecule has 0 radical (unpaired) electrons. The van der Waals surface area contributed by atoms with Gasteiger partial charge >= 0.3 is 0 Å². The molecule has 0 rings (SSSR count). The average molecular weight is 158 g/mol. The van der Waals surface area contributed by atoms with E-state index in [0.717, 1.165) is 25.9 Å². The molecule has 0 fully saturated rings. The van der Waals surface area contributed by atoms with Gasteiger partial charge in [0.2, 0.25) is 0 Å². The summed E-state index contributed by atoms with van der Waals surface area (Å²) in [6.07, 6.45) is 3.51. The number of hydrogen-bond donors (Lipinski definition) is 1. The number of nitrogens with two attached hydrogens (primary N) is 1. The summed E-state index contributed by atoms with van der Waals surface area (Å²) >= 11 is 0. The summed E-state index contributed by atoms with van der Waals surface area (Å²) in [4.78, 5) is 2.30. The first kappa shape index (κ1) is 10.9.